The van der Waals surface area contributed by atoms with Gasteiger partial charge in [-0.05, 0) is 44.5 Å². The highest BCUT2D eigenvalue weighted by Gasteiger charge is 2.29. The number of carbonyl (C=O) groups excluding carboxylic acids is 2. The molecule has 2 aromatic carbocycles. The molecule has 1 amide bonds. The first-order chi connectivity index (χ1) is 16.3. The molecular formula is C25H23N5O3S. The number of anilines is 1. The van der Waals surface area contributed by atoms with Crippen LogP contribution in [-0.2, 0) is 4.79 Å². The molecule has 0 fully saturated rings. The summed E-state index contributed by atoms with van der Waals surface area (Å²) in [6.07, 6.45) is 1.67. The zero-order valence-corrected chi connectivity index (χ0v) is 19.8. The first-order valence-electron chi connectivity index (χ1n) is 10.9. The Morgan fingerprint density at radius 1 is 1.18 bits per heavy atom. The zero-order valence-electron chi connectivity index (χ0n) is 19.0. The topological polar surface area (TPSA) is 98.9 Å². The van der Waals surface area contributed by atoms with Gasteiger partial charge in [0.25, 0.3) is 5.56 Å². The molecule has 9 heteroatoms. The summed E-state index contributed by atoms with van der Waals surface area (Å²) < 4.78 is 3.31. The summed E-state index contributed by atoms with van der Waals surface area (Å²) in [7, 11) is 0. The van der Waals surface area contributed by atoms with Gasteiger partial charge >= 0.3 is 0 Å². The molecule has 1 aliphatic rings. The zero-order chi connectivity index (χ0) is 24.0. The molecule has 1 atom stereocenters. The summed E-state index contributed by atoms with van der Waals surface area (Å²) in [4.78, 5) is 42.4. The Hall–Kier alpha value is -3.72. The van der Waals surface area contributed by atoms with Crippen LogP contribution in [0, 0.1) is 13.8 Å². The average molecular weight is 474 g/mol. The lowest BCUT2D eigenvalue weighted by Gasteiger charge is -2.14. The monoisotopic (exact) mass is 473 g/mol. The number of hydrogen-bond acceptors (Lipinski definition) is 6. The molecule has 0 saturated carbocycles. The van der Waals surface area contributed by atoms with E-state index in [2.05, 4.69) is 16.5 Å². The number of thioether (sulfide) groups is 1. The van der Waals surface area contributed by atoms with E-state index in [4.69, 9.17) is 4.98 Å². The number of rotatable bonds is 5. The number of hydrogen-bond donors (Lipinski definition) is 1. The fraction of sp³-hybridized carbons (Fsp3) is 0.240. The lowest BCUT2D eigenvalue weighted by Crippen LogP contribution is -2.27. The second-order valence-corrected chi connectivity index (χ2v) is 9.49. The minimum Gasteiger partial charge on any atom is -0.326 e. The molecule has 172 valence electrons. The number of fused-ring (bicyclic) bond motifs is 2. The molecule has 3 heterocycles. The number of amides is 1. The number of ketones is 1. The van der Waals surface area contributed by atoms with Gasteiger partial charge in [-0.15, -0.1) is 0 Å². The van der Waals surface area contributed by atoms with E-state index in [9.17, 15) is 14.4 Å². The maximum atomic E-state index is 13.4. The van der Waals surface area contributed by atoms with Crippen LogP contribution in [0.2, 0.25) is 0 Å². The van der Waals surface area contributed by atoms with E-state index in [0.717, 1.165) is 16.8 Å². The van der Waals surface area contributed by atoms with E-state index in [1.807, 2.05) is 26.0 Å². The number of Topliss-reactive ketones (excluding diaryl/α,β-unsaturated/α-hetero) is 1. The summed E-state index contributed by atoms with van der Waals surface area (Å²) in [5.41, 5.74) is 4.48. The number of aromatic nitrogens is 4. The molecule has 1 unspecified atom stereocenters. The van der Waals surface area contributed by atoms with Gasteiger partial charge in [-0.3, -0.25) is 19.0 Å². The number of aryl methyl sites for hydroxylation is 2. The van der Waals surface area contributed by atoms with E-state index in [1.54, 1.807) is 39.7 Å². The third-order valence-corrected chi connectivity index (χ3v) is 7.02. The van der Waals surface area contributed by atoms with Crippen LogP contribution in [0.4, 0.5) is 5.69 Å². The molecule has 1 aliphatic heterocycles. The molecule has 0 radical (unpaired) electrons. The van der Waals surface area contributed by atoms with Crippen molar-refractivity contribution in [2.45, 2.75) is 38.4 Å². The van der Waals surface area contributed by atoms with Gasteiger partial charge in [0.2, 0.25) is 5.91 Å². The number of benzene rings is 2. The van der Waals surface area contributed by atoms with Gasteiger partial charge < -0.3 is 5.32 Å². The normalized spacial score (nSPS) is 14.9. The van der Waals surface area contributed by atoms with E-state index >= 15 is 0 Å². The van der Waals surface area contributed by atoms with Gasteiger partial charge in [-0.1, -0.05) is 41.6 Å². The molecule has 8 nitrogen and oxygen atoms in total. The number of carbonyl (C=O) groups is 2. The van der Waals surface area contributed by atoms with Gasteiger partial charge in [-0.25, -0.2) is 9.67 Å². The SMILES string of the molecule is CC(=O)c1cccc(NC(=O)CC2CSc3nc4c(cnn4-c4ccc(C)cc4C)c(=O)n32)c1. The van der Waals surface area contributed by atoms with Crippen LogP contribution in [0.3, 0.4) is 0 Å². The van der Waals surface area contributed by atoms with Crippen molar-refractivity contribution in [2.75, 3.05) is 11.1 Å². The van der Waals surface area contributed by atoms with Crippen molar-refractivity contribution in [2.24, 2.45) is 0 Å². The molecule has 0 aliphatic carbocycles. The third kappa shape index (κ3) is 3.92. The van der Waals surface area contributed by atoms with Gasteiger partial charge in [0, 0.05) is 23.4 Å². The van der Waals surface area contributed by atoms with Crippen molar-refractivity contribution in [3.63, 3.8) is 0 Å². The first kappa shape index (κ1) is 22.1. The highest BCUT2D eigenvalue weighted by molar-refractivity contribution is 7.99. The Morgan fingerprint density at radius 2 is 2.00 bits per heavy atom. The molecular weight excluding hydrogens is 450 g/mol. The Labute approximate surface area is 200 Å². The Balaban J connectivity index is 1.43. The van der Waals surface area contributed by atoms with Crippen molar-refractivity contribution in [3.05, 3.63) is 75.7 Å². The van der Waals surface area contributed by atoms with E-state index in [1.165, 1.54) is 18.7 Å². The standard InChI is InChI=1S/C25H23N5O3S/c1-14-7-8-21(15(2)9-14)30-23-20(12-26-30)24(33)29-19(13-34-25(29)28-23)11-22(32)27-18-6-4-5-17(10-18)16(3)31/h4-10,12,19H,11,13H2,1-3H3,(H,27,32). The number of nitrogens with zero attached hydrogens (tertiary/aromatic N) is 4. The largest absolute Gasteiger partial charge is 0.326 e. The third-order valence-electron chi connectivity index (χ3n) is 5.92. The van der Waals surface area contributed by atoms with Crippen molar-refractivity contribution in [1.82, 2.24) is 19.3 Å². The summed E-state index contributed by atoms with van der Waals surface area (Å²) in [6.45, 7) is 5.52. The van der Waals surface area contributed by atoms with Crippen LogP contribution in [0.5, 0.6) is 0 Å². The second kappa shape index (κ2) is 8.57. The van der Waals surface area contributed by atoms with Crippen LogP contribution in [0.25, 0.3) is 16.7 Å². The summed E-state index contributed by atoms with van der Waals surface area (Å²) in [5, 5.41) is 8.29. The van der Waals surface area contributed by atoms with Crippen molar-refractivity contribution >= 4 is 40.2 Å². The molecule has 4 aromatic rings. The molecule has 0 bridgehead atoms. The fourth-order valence-corrected chi connectivity index (χ4v) is 5.37. The van der Waals surface area contributed by atoms with Crippen molar-refractivity contribution in [1.29, 1.82) is 0 Å². The van der Waals surface area contributed by atoms with Gasteiger partial charge in [0.15, 0.2) is 16.6 Å². The van der Waals surface area contributed by atoms with E-state index < -0.39 is 0 Å². The predicted octanol–water partition coefficient (Wildman–Crippen LogP) is 4.08. The fourth-order valence-electron chi connectivity index (χ4n) is 4.24. The Kier molecular flexibility index (Phi) is 5.57. The van der Waals surface area contributed by atoms with E-state index in [-0.39, 0.29) is 29.7 Å². The summed E-state index contributed by atoms with van der Waals surface area (Å²) in [5.74, 6) is 0.282. The average Bonchev–Trinajstić information content (AvgIpc) is 3.39. The summed E-state index contributed by atoms with van der Waals surface area (Å²) >= 11 is 1.46. The highest BCUT2D eigenvalue weighted by atomic mass is 32.2. The smallest absolute Gasteiger partial charge is 0.265 e. The second-order valence-electron chi connectivity index (χ2n) is 8.51. The quantitative estimate of drug-likeness (QED) is 0.346. The van der Waals surface area contributed by atoms with Crippen molar-refractivity contribution < 1.29 is 9.59 Å². The molecule has 0 saturated heterocycles. The molecule has 2 aromatic heterocycles. The Bertz CT molecular complexity index is 1520. The highest BCUT2D eigenvalue weighted by Crippen LogP contribution is 2.34. The predicted molar refractivity (Wildman–Crippen MR) is 132 cm³/mol. The van der Waals surface area contributed by atoms with Crippen LogP contribution in [0.1, 0.15) is 40.9 Å². The van der Waals surface area contributed by atoms with Gasteiger partial charge in [0.1, 0.15) is 5.39 Å². The van der Waals surface area contributed by atoms with Gasteiger partial charge in [-0.2, -0.15) is 5.10 Å². The van der Waals surface area contributed by atoms with Crippen LogP contribution >= 0.6 is 11.8 Å². The Morgan fingerprint density at radius 3 is 2.76 bits per heavy atom. The minimum atomic E-state index is -0.315. The molecule has 34 heavy (non-hydrogen) atoms. The maximum absolute atomic E-state index is 13.4. The molecule has 1 N–H and O–H groups in total. The number of nitrogens with one attached hydrogen (secondary N) is 1. The molecule has 0 spiro atoms. The minimum absolute atomic E-state index is 0.0692. The van der Waals surface area contributed by atoms with Crippen LogP contribution in [-0.4, -0.2) is 36.8 Å². The summed E-state index contributed by atoms with van der Waals surface area (Å²) in [6, 6.07) is 12.6. The maximum Gasteiger partial charge on any atom is 0.265 e. The lowest BCUT2D eigenvalue weighted by atomic mass is 10.1. The van der Waals surface area contributed by atoms with Crippen molar-refractivity contribution in [3.8, 4) is 5.69 Å². The first-order valence-corrected chi connectivity index (χ1v) is 11.9. The van der Waals surface area contributed by atoms with Crippen LogP contribution in [0.15, 0.2) is 58.6 Å². The molecule has 5 rings (SSSR count). The van der Waals surface area contributed by atoms with E-state index in [0.29, 0.717) is 33.2 Å². The lowest BCUT2D eigenvalue weighted by molar-refractivity contribution is -0.116. The van der Waals surface area contributed by atoms with Gasteiger partial charge in [0.05, 0.1) is 17.9 Å². The van der Waals surface area contributed by atoms with Crippen LogP contribution < -0.4 is 10.9 Å².